The molecule has 1 aliphatic rings. The summed E-state index contributed by atoms with van der Waals surface area (Å²) in [5.41, 5.74) is 1.87. The number of hydrogen-bond donors (Lipinski definition) is 2. The predicted molar refractivity (Wildman–Crippen MR) is 78.1 cm³/mol. The van der Waals surface area contributed by atoms with E-state index in [9.17, 15) is 4.79 Å². The number of aromatic nitrogens is 1. The Kier molecular flexibility index (Phi) is 3.94. The smallest absolute Gasteiger partial charge is 0.262 e. The van der Waals surface area contributed by atoms with E-state index in [2.05, 4.69) is 15.6 Å². The number of hydrogen-bond acceptors (Lipinski definition) is 5. The molecule has 6 heteroatoms. The van der Waals surface area contributed by atoms with Crippen molar-refractivity contribution in [3.63, 3.8) is 0 Å². The fraction of sp³-hybridized carbons (Fsp3) is 0.286. The molecular weight excluding hydrogens is 274 g/mol. The quantitative estimate of drug-likeness (QED) is 0.824. The maximum Gasteiger partial charge on any atom is 0.262 e. The molecule has 0 atom stereocenters. The molecule has 1 aromatic carbocycles. The van der Waals surface area contributed by atoms with Crippen molar-refractivity contribution in [3.05, 3.63) is 40.3 Å². The van der Waals surface area contributed by atoms with Gasteiger partial charge in [-0.05, 0) is 17.7 Å². The molecule has 2 heterocycles. The highest BCUT2D eigenvalue weighted by molar-refractivity contribution is 7.09. The molecule has 1 aromatic heterocycles. The molecule has 1 aliphatic heterocycles. The third kappa shape index (κ3) is 3.15. The Morgan fingerprint density at radius 1 is 1.45 bits per heavy atom. The van der Waals surface area contributed by atoms with Crippen molar-refractivity contribution < 1.29 is 9.53 Å². The van der Waals surface area contributed by atoms with Crippen molar-refractivity contribution >= 4 is 22.9 Å². The molecule has 0 unspecified atom stereocenters. The Labute approximate surface area is 121 Å². The third-order valence-electron chi connectivity index (χ3n) is 3.01. The van der Waals surface area contributed by atoms with E-state index in [1.807, 2.05) is 29.8 Å². The van der Waals surface area contributed by atoms with E-state index >= 15 is 0 Å². The summed E-state index contributed by atoms with van der Waals surface area (Å²) in [5, 5.41) is 9.31. The fourth-order valence-electron chi connectivity index (χ4n) is 2.04. The number of amides is 1. The fourth-order valence-corrected chi connectivity index (χ4v) is 2.67. The summed E-state index contributed by atoms with van der Waals surface area (Å²) in [7, 11) is 0. The van der Waals surface area contributed by atoms with Gasteiger partial charge in [0.2, 0.25) is 0 Å². The Balaban J connectivity index is 1.53. The first-order valence-electron chi connectivity index (χ1n) is 6.46. The zero-order valence-electron chi connectivity index (χ0n) is 10.9. The molecule has 2 N–H and O–H groups in total. The summed E-state index contributed by atoms with van der Waals surface area (Å²) in [6, 6.07) is 5.85. The molecule has 0 bridgehead atoms. The highest BCUT2D eigenvalue weighted by atomic mass is 32.1. The van der Waals surface area contributed by atoms with Gasteiger partial charge in [0.1, 0.15) is 5.75 Å². The van der Waals surface area contributed by atoms with Gasteiger partial charge in [0.25, 0.3) is 5.91 Å². The van der Waals surface area contributed by atoms with Crippen LogP contribution < -0.4 is 15.4 Å². The average molecular weight is 289 g/mol. The van der Waals surface area contributed by atoms with Crippen LogP contribution >= 0.6 is 11.3 Å². The van der Waals surface area contributed by atoms with Crippen LogP contribution in [-0.2, 0) is 17.8 Å². The topological polar surface area (TPSA) is 63.2 Å². The number of fused-ring (bicyclic) bond motifs is 1. The minimum atomic E-state index is -0.105. The van der Waals surface area contributed by atoms with Gasteiger partial charge < -0.3 is 15.4 Å². The highest BCUT2D eigenvalue weighted by Crippen LogP contribution is 2.28. The van der Waals surface area contributed by atoms with Gasteiger partial charge >= 0.3 is 0 Å². The maximum absolute atomic E-state index is 11.3. The van der Waals surface area contributed by atoms with Gasteiger partial charge in [-0.3, -0.25) is 4.79 Å². The summed E-state index contributed by atoms with van der Waals surface area (Å²) < 4.78 is 5.33. The van der Waals surface area contributed by atoms with Crippen molar-refractivity contribution in [3.8, 4) is 5.75 Å². The molecule has 104 valence electrons. The van der Waals surface area contributed by atoms with E-state index < -0.39 is 0 Å². The monoisotopic (exact) mass is 289 g/mol. The largest absolute Gasteiger partial charge is 0.482 e. The number of rotatable bonds is 5. The molecule has 0 radical (unpaired) electrons. The van der Waals surface area contributed by atoms with E-state index in [4.69, 9.17) is 4.74 Å². The second-order valence-electron chi connectivity index (χ2n) is 4.52. The Bertz CT molecular complexity index is 598. The number of benzene rings is 1. The molecule has 5 nitrogen and oxygen atoms in total. The third-order valence-corrected chi connectivity index (χ3v) is 3.84. The molecule has 0 spiro atoms. The number of anilines is 1. The second-order valence-corrected chi connectivity index (χ2v) is 5.50. The summed E-state index contributed by atoms with van der Waals surface area (Å²) in [6.07, 6.45) is 2.76. The summed E-state index contributed by atoms with van der Waals surface area (Å²) in [5.74, 6) is 0.627. The van der Waals surface area contributed by atoms with Gasteiger partial charge in [-0.2, -0.15) is 0 Å². The lowest BCUT2D eigenvalue weighted by atomic mass is 10.1. The normalized spacial score (nSPS) is 13.5. The van der Waals surface area contributed by atoms with Crippen LogP contribution in [0.2, 0.25) is 0 Å². The second kappa shape index (κ2) is 6.02. The first kappa shape index (κ1) is 13.1. The van der Waals surface area contributed by atoms with Crippen LogP contribution in [-0.4, -0.2) is 24.0 Å². The van der Waals surface area contributed by atoms with Gasteiger partial charge in [0, 0.05) is 31.1 Å². The summed E-state index contributed by atoms with van der Waals surface area (Å²) >= 11 is 1.67. The first-order chi connectivity index (χ1) is 9.81. The molecule has 2 aromatic rings. The van der Waals surface area contributed by atoms with Crippen molar-refractivity contribution in [1.82, 2.24) is 10.3 Å². The summed E-state index contributed by atoms with van der Waals surface area (Å²) in [4.78, 5) is 15.5. The van der Waals surface area contributed by atoms with E-state index in [1.165, 1.54) is 0 Å². The molecule has 0 saturated heterocycles. The van der Waals surface area contributed by atoms with Crippen LogP contribution in [0.4, 0.5) is 5.69 Å². The van der Waals surface area contributed by atoms with Crippen molar-refractivity contribution in [2.45, 2.75) is 13.0 Å². The number of carbonyl (C=O) groups is 1. The van der Waals surface area contributed by atoms with Crippen LogP contribution in [0.3, 0.4) is 0 Å². The summed E-state index contributed by atoms with van der Waals surface area (Å²) in [6.45, 7) is 1.74. The SMILES string of the molecule is O=C1COc2ccc(CNCCc3nccs3)cc2N1. The van der Waals surface area contributed by atoms with Crippen molar-refractivity contribution in [2.75, 3.05) is 18.5 Å². The zero-order chi connectivity index (χ0) is 13.8. The number of thiazole rings is 1. The number of nitrogens with zero attached hydrogens (tertiary/aromatic N) is 1. The Morgan fingerprint density at radius 2 is 2.40 bits per heavy atom. The molecule has 1 amide bonds. The van der Waals surface area contributed by atoms with E-state index in [1.54, 1.807) is 11.3 Å². The Hall–Kier alpha value is -1.92. The first-order valence-corrected chi connectivity index (χ1v) is 7.34. The number of ether oxygens (including phenoxy) is 1. The minimum absolute atomic E-state index is 0.0956. The molecular formula is C14H15N3O2S. The number of carbonyl (C=O) groups excluding carboxylic acids is 1. The van der Waals surface area contributed by atoms with Crippen LogP contribution in [0.15, 0.2) is 29.8 Å². The van der Waals surface area contributed by atoms with E-state index in [0.717, 1.165) is 41.5 Å². The number of nitrogens with one attached hydrogen (secondary N) is 2. The molecule has 0 fully saturated rings. The molecule has 3 rings (SSSR count). The van der Waals surface area contributed by atoms with Crippen molar-refractivity contribution in [1.29, 1.82) is 0 Å². The Morgan fingerprint density at radius 3 is 3.25 bits per heavy atom. The van der Waals surface area contributed by atoms with Crippen LogP contribution in [0.25, 0.3) is 0 Å². The van der Waals surface area contributed by atoms with E-state index in [0.29, 0.717) is 0 Å². The van der Waals surface area contributed by atoms with Gasteiger partial charge in [0.05, 0.1) is 10.7 Å². The van der Waals surface area contributed by atoms with Gasteiger partial charge in [-0.1, -0.05) is 6.07 Å². The average Bonchev–Trinajstić information content (AvgIpc) is 2.96. The van der Waals surface area contributed by atoms with Gasteiger partial charge in [-0.25, -0.2) is 4.98 Å². The standard InChI is InChI=1S/C14H15N3O2S/c18-13-9-19-12-2-1-10(7-11(12)17-13)8-15-4-3-14-16-5-6-20-14/h1-2,5-7,15H,3-4,8-9H2,(H,17,18). The van der Waals surface area contributed by atoms with Crippen LogP contribution in [0.5, 0.6) is 5.75 Å². The molecule has 20 heavy (non-hydrogen) atoms. The van der Waals surface area contributed by atoms with Gasteiger partial charge in [0.15, 0.2) is 6.61 Å². The maximum atomic E-state index is 11.3. The predicted octanol–water partition coefficient (Wildman–Crippen LogP) is 1.81. The van der Waals surface area contributed by atoms with E-state index in [-0.39, 0.29) is 12.5 Å². The lowest BCUT2D eigenvalue weighted by Gasteiger charge is -2.18. The van der Waals surface area contributed by atoms with Crippen LogP contribution in [0, 0.1) is 0 Å². The zero-order valence-corrected chi connectivity index (χ0v) is 11.7. The minimum Gasteiger partial charge on any atom is -0.482 e. The van der Waals surface area contributed by atoms with Gasteiger partial charge in [-0.15, -0.1) is 11.3 Å². The molecule has 0 saturated carbocycles. The van der Waals surface area contributed by atoms with Crippen LogP contribution in [0.1, 0.15) is 10.6 Å². The lowest BCUT2D eigenvalue weighted by Crippen LogP contribution is -2.25. The van der Waals surface area contributed by atoms with Crippen molar-refractivity contribution in [2.24, 2.45) is 0 Å². The lowest BCUT2D eigenvalue weighted by molar-refractivity contribution is -0.118. The highest BCUT2D eigenvalue weighted by Gasteiger charge is 2.15. The molecule has 0 aliphatic carbocycles.